The fourth-order valence-corrected chi connectivity index (χ4v) is 2.82. The van der Waals surface area contributed by atoms with Crippen LogP contribution in [0.4, 0.5) is 0 Å². The Kier molecular flexibility index (Phi) is 5.27. The molecule has 0 bridgehead atoms. The van der Waals surface area contributed by atoms with Gasteiger partial charge in [0.2, 0.25) is 5.56 Å². The van der Waals surface area contributed by atoms with Crippen LogP contribution < -0.4 is 5.56 Å². The molecule has 0 aliphatic carbocycles. The van der Waals surface area contributed by atoms with Gasteiger partial charge in [-0.05, 0) is 30.7 Å². The highest BCUT2D eigenvalue weighted by molar-refractivity contribution is 5.93. The zero-order valence-electron chi connectivity index (χ0n) is 14.9. The van der Waals surface area contributed by atoms with E-state index in [2.05, 4.69) is 11.1 Å². The van der Waals surface area contributed by atoms with Crippen molar-refractivity contribution in [2.75, 3.05) is 0 Å². The first kappa shape index (κ1) is 17.6. The van der Waals surface area contributed by atoms with Gasteiger partial charge in [-0.1, -0.05) is 35.9 Å². The minimum absolute atomic E-state index is 0.132. The first-order valence-electron chi connectivity index (χ1n) is 8.44. The third kappa shape index (κ3) is 4.25. The zero-order chi connectivity index (χ0) is 18.5. The summed E-state index contributed by atoms with van der Waals surface area (Å²) >= 11 is 0. The van der Waals surface area contributed by atoms with Crippen molar-refractivity contribution in [1.82, 2.24) is 14.5 Å². The van der Waals surface area contributed by atoms with Crippen LogP contribution in [0, 0.1) is 6.92 Å². The lowest BCUT2D eigenvalue weighted by molar-refractivity contribution is 0.0727. The van der Waals surface area contributed by atoms with Crippen LogP contribution in [0.25, 0.3) is 0 Å². The Morgan fingerprint density at radius 1 is 1.08 bits per heavy atom. The van der Waals surface area contributed by atoms with Gasteiger partial charge in [-0.3, -0.25) is 14.6 Å². The smallest absolute Gasteiger partial charge is 0.255 e. The Hall–Kier alpha value is -3.21. The third-order valence-corrected chi connectivity index (χ3v) is 4.15. The molecule has 2 aromatic heterocycles. The summed E-state index contributed by atoms with van der Waals surface area (Å²) in [6.07, 6.45) is 3.29. The normalized spacial score (nSPS) is 10.5. The van der Waals surface area contributed by atoms with Crippen molar-refractivity contribution in [3.63, 3.8) is 0 Å². The lowest BCUT2D eigenvalue weighted by Gasteiger charge is -2.23. The molecule has 2 heterocycles. The first-order chi connectivity index (χ1) is 12.5. The van der Waals surface area contributed by atoms with Gasteiger partial charge < -0.3 is 9.47 Å². The van der Waals surface area contributed by atoms with Crippen LogP contribution >= 0.6 is 0 Å². The van der Waals surface area contributed by atoms with E-state index in [1.807, 2.05) is 43.3 Å². The number of rotatable bonds is 5. The molecule has 0 saturated carbocycles. The maximum atomic E-state index is 13.1. The lowest BCUT2D eigenvalue weighted by Crippen LogP contribution is -2.31. The van der Waals surface area contributed by atoms with Crippen LogP contribution in [0.15, 0.2) is 71.8 Å². The van der Waals surface area contributed by atoms with Gasteiger partial charge in [0.05, 0.1) is 17.8 Å². The summed E-state index contributed by atoms with van der Waals surface area (Å²) in [6, 6.07) is 16.7. The predicted molar refractivity (Wildman–Crippen MR) is 101 cm³/mol. The molecule has 0 spiro atoms. The molecule has 5 nitrogen and oxygen atoms in total. The average Bonchev–Trinajstić information content (AvgIpc) is 2.64. The Labute approximate surface area is 152 Å². The molecule has 1 aromatic carbocycles. The quantitative estimate of drug-likeness (QED) is 0.713. The molecule has 0 N–H and O–H groups in total. The van der Waals surface area contributed by atoms with Gasteiger partial charge in [0.15, 0.2) is 0 Å². The molecule has 5 heteroatoms. The van der Waals surface area contributed by atoms with Gasteiger partial charge >= 0.3 is 0 Å². The molecule has 0 radical (unpaired) electrons. The third-order valence-electron chi connectivity index (χ3n) is 4.15. The van der Waals surface area contributed by atoms with Crippen LogP contribution in [0.2, 0.25) is 0 Å². The number of nitrogens with zero attached hydrogens (tertiary/aromatic N) is 3. The Balaban J connectivity index is 1.91. The molecule has 0 saturated heterocycles. The highest BCUT2D eigenvalue weighted by Crippen LogP contribution is 2.14. The second-order valence-corrected chi connectivity index (χ2v) is 6.34. The molecule has 0 aliphatic rings. The lowest BCUT2D eigenvalue weighted by atomic mass is 10.1. The average molecular weight is 347 g/mol. The minimum atomic E-state index is -0.142. The van der Waals surface area contributed by atoms with Crippen LogP contribution in [-0.4, -0.2) is 20.4 Å². The number of pyridine rings is 2. The minimum Gasteiger partial charge on any atom is -0.328 e. The highest BCUT2D eigenvalue weighted by atomic mass is 16.2. The second-order valence-electron chi connectivity index (χ2n) is 6.34. The van der Waals surface area contributed by atoms with Gasteiger partial charge in [0.25, 0.3) is 5.91 Å². The fourth-order valence-electron chi connectivity index (χ4n) is 2.82. The van der Waals surface area contributed by atoms with E-state index in [4.69, 9.17) is 0 Å². The fraction of sp³-hybridized carbons (Fsp3) is 0.190. The van der Waals surface area contributed by atoms with Crippen molar-refractivity contribution < 1.29 is 4.79 Å². The number of benzene rings is 1. The number of amides is 1. The van der Waals surface area contributed by atoms with Crippen molar-refractivity contribution in [2.24, 2.45) is 7.05 Å². The first-order valence-corrected chi connectivity index (χ1v) is 8.44. The van der Waals surface area contributed by atoms with Crippen molar-refractivity contribution >= 4 is 5.91 Å². The molecular formula is C21H21N3O2. The van der Waals surface area contributed by atoms with E-state index >= 15 is 0 Å². The summed E-state index contributed by atoms with van der Waals surface area (Å²) in [4.78, 5) is 30.8. The highest BCUT2D eigenvalue weighted by Gasteiger charge is 2.18. The summed E-state index contributed by atoms with van der Waals surface area (Å²) < 4.78 is 1.42. The second kappa shape index (κ2) is 7.78. The molecule has 132 valence electrons. The largest absolute Gasteiger partial charge is 0.328 e. The van der Waals surface area contributed by atoms with Crippen LogP contribution in [0.1, 0.15) is 27.2 Å². The van der Waals surface area contributed by atoms with Gasteiger partial charge in [0, 0.05) is 32.1 Å². The van der Waals surface area contributed by atoms with Crippen molar-refractivity contribution in [1.29, 1.82) is 0 Å². The van der Waals surface area contributed by atoms with E-state index in [1.54, 1.807) is 30.4 Å². The number of carbonyl (C=O) groups excluding carboxylic acids is 1. The topological polar surface area (TPSA) is 55.2 Å². The Bertz CT molecular complexity index is 964. The molecular weight excluding hydrogens is 326 g/mol. The number of aromatic nitrogens is 2. The molecule has 0 fully saturated rings. The van der Waals surface area contributed by atoms with Crippen molar-refractivity contribution in [3.05, 3.63) is 99.7 Å². The van der Waals surface area contributed by atoms with E-state index < -0.39 is 0 Å². The van der Waals surface area contributed by atoms with Crippen molar-refractivity contribution in [3.8, 4) is 0 Å². The van der Waals surface area contributed by atoms with Crippen LogP contribution in [-0.2, 0) is 20.1 Å². The Morgan fingerprint density at radius 2 is 1.92 bits per heavy atom. The number of aryl methyl sites for hydroxylation is 2. The van der Waals surface area contributed by atoms with E-state index in [1.165, 1.54) is 10.6 Å². The maximum Gasteiger partial charge on any atom is 0.255 e. The van der Waals surface area contributed by atoms with Gasteiger partial charge in [-0.15, -0.1) is 0 Å². The van der Waals surface area contributed by atoms with Gasteiger partial charge in [0.1, 0.15) is 0 Å². The maximum absolute atomic E-state index is 13.1. The number of hydrogen-bond acceptors (Lipinski definition) is 3. The molecule has 26 heavy (non-hydrogen) atoms. The van der Waals surface area contributed by atoms with Crippen LogP contribution in [0.5, 0.6) is 0 Å². The molecule has 3 aromatic rings. The summed E-state index contributed by atoms with van der Waals surface area (Å²) in [5.74, 6) is -0.132. The van der Waals surface area contributed by atoms with E-state index in [0.717, 1.165) is 16.8 Å². The summed E-state index contributed by atoms with van der Waals surface area (Å²) in [7, 11) is 1.64. The van der Waals surface area contributed by atoms with Crippen LogP contribution in [0.3, 0.4) is 0 Å². The van der Waals surface area contributed by atoms with E-state index in [-0.39, 0.29) is 11.5 Å². The molecule has 0 unspecified atom stereocenters. The summed E-state index contributed by atoms with van der Waals surface area (Å²) in [5.41, 5.74) is 3.36. The Morgan fingerprint density at radius 3 is 2.62 bits per heavy atom. The van der Waals surface area contributed by atoms with E-state index in [9.17, 15) is 9.59 Å². The summed E-state index contributed by atoms with van der Waals surface area (Å²) in [5, 5.41) is 0. The number of hydrogen-bond donors (Lipinski definition) is 0. The van der Waals surface area contributed by atoms with E-state index in [0.29, 0.717) is 18.7 Å². The van der Waals surface area contributed by atoms with Gasteiger partial charge in [-0.25, -0.2) is 0 Å². The molecule has 3 rings (SSSR count). The number of carbonyl (C=O) groups is 1. The zero-order valence-corrected chi connectivity index (χ0v) is 14.9. The SMILES string of the molecule is Cc1cccc(CN(Cc2ccccn2)C(=O)c2ccc(=O)n(C)c2)c1. The predicted octanol–water partition coefficient (Wildman–Crippen LogP) is 2.93. The van der Waals surface area contributed by atoms with Crippen molar-refractivity contribution in [2.45, 2.75) is 20.0 Å². The summed E-state index contributed by atoms with van der Waals surface area (Å²) in [6.45, 7) is 2.90. The standard InChI is InChI=1S/C21H21N3O2/c1-16-6-5-7-17(12-16)13-24(15-19-8-3-4-11-22-19)21(26)18-9-10-20(25)23(2)14-18/h3-12,14H,13,15H2,1-2H3. The molecule has 1 amide bonds. The molecule has 0 atom stereocenters. The van der Waals surface area contributed by atoms with Gasteiger partial charge in [-0.2, -0.15) is 0 Å². The monoisotopic (exact) mass is 347 g/mol. The molecule has 0 aliphatic heterocycles.